The zero-order valence-electron chi connectivity index (χ0n) is 13.9. The van der Waals surface area contributed by atoms with Crippen LogP contribution in [-0.4, -0.2) is 28.1 Å². The normalized spacial score (nSPS) is 27.3. The van der Waals surface area contributed by atoms with Gasteiger partial charge in [-0.2, -0.15) is 0 Å². The number of rotatable bonds is 1. The lowest BCUT2D eigenvalue weighted by atomic mass is 9.72. The highest BCUT2D eigenvalue weighted by atomic mass is 35.5. The topological polar surface area (TPSA) is 52.9 Å². The average Bonchev–Trinajstić information content (AvgIpc) is 2.60. The van der Waals surface area contributed by atoms with Crippen molar-refractivity contribution in [2.75, 3.05) is 6.54 Å². The van der Waals surface area contributed by atoms with E-state index in [0.29, 0.717) is 17.7 Å². The molecule has 4 nitrogen and oxygen atoms in total. The molecule has 2 unspecified atom stereocenters. The van der Waals surface area contributed by atoms with Crippen LogP contribution in [0.4, 0.5) is 0 Å². The van der Waals surface area contributed by atoms with Crippen LogP contribution in [0.1, 0.15) is 49.8 Å². The second kappa shape index (κ2) is 6.60. The van der Waals surface area contributed by atoms with Gasteiger partial charge in [0.05, 0.1) is 17.3 Å². The molecular formula is C19H23ClN2O2. The molecule has 2 atom stereocenters. The van der Waals surface area contributed by atoms with Crippen LogP contribution < -0.4 is 0 Å². The van der Waals surface area contributed by atoms with E-state index in [0.717, 1.165) is 37.9 Å². The molecule has 0 saturated carbocycles. The van der Waals surface area contributed by atoms with Gasteiger partial charge in [-0.15, -0.1) is 12.4 Å². The summed E-state index contributed by atoms with van der Waals surface area (Å²) in [6.45, 7) is 3.06. The number of hydrogen-bond donors (Lipinski definition) is 1. The number of Topliss-reactive ketones (excluding diaryl/α,β-unsaturated/α-hetero) is 1. The van der Waals surface area contributed by atoms with E-state index >= 15 is 0 Å². The number of carbonyl (C=O) groups excluding carboxylic acids is 1. The van der Waals surface area contributed by atoms with Gasteiger partial charge in [0, 0.05) is 24.6 Å². The lowest BCUT2D eigenvalue weighted by molar-refractivity contribution is -0.116. The highest BCUT2D eigenvalue weighted by Gasteiger charge is 2.45. The van der Waals surface area contributed by atoms with Gasteiger partial charge in [0.15, 0.2) is 5.78 Å². The molecule has 0 aromatic heterocycles. The van der Waals surface area contributed by atoms with Crippen molar-refractivity contribution in [1.29, 1.82) is 0 Å². The summed E-state index contributed by atoms with van der Waals surface area (Å²) in [6, 6.07) is 8.76. The van der Waals surface area contributed by atoms with Crippen molar-refractivity contribution in [2.45, 2.75) is 45.1 Å². The maximum absolute atomic E-state index is 12.5. The van der Waals surface area contributed by atoms with Crippen molar-refractivity contribution < 1.29 is 10.0 Å². The zero-order chi connectivity index (χ0) is 16.0. The Bertz CT molecular complexity index is 726. The molecule has 1 aliphatic carbocycles. The quantitative estimate of drug-likeness (QED) is 0.620. The lowest BCUT2D eigenvalue weighted by Crippen LogP contribution is -2.48. The van der Waals surface area contributed by atoms with Crippen LogP contribution in [0.2, 0.25) is 0 Å². The van der Waals surface area contributed by atoms with Gasteiger partial charge < -0.3 is 10.1 Å². The van der Waals surface area contributed by atoms with Crippen molar-refractivity contribution in [3.63, 3.8) is 0 Å². The fourth-order valence-corrected chi connectivity index (χ4v) is 4.62. The van der Waals surface area contributed by atoms with Gasteiger partial charge in [0.25, 0.3) is 0 Å². The molecule has 128 valence electrons. The summed E-state index contributed by atoms with van der Waals surface area (Å²) in [7, 11) is 0. The van der Waals surface area contributed by atoms with Crippen molar-refractivity contribution in [3.05, 3.63) is 46.7 Å². The minimum absolute atomic E-state index is 0. The standard InChI is InChI=1S/C19H22N2O2.ClH/c1-2-13-18(20-23)17-15(8-5-9-16(17)22)21-11-10-12-6-3-4-7-14(12)19(13)21;/h3-4,6-7,13,19,23H,2,5,8-11H2,1H3;1H. The van der Waals surface area contributed by atoms with Gasteiger partial charge in [0.2, 0.25) is 0 Å². The molecule has 3 aliphatic rings. The fraction of sp³-hybridized carbons (Fsp3) is 0.474. The van der Waals surface area contributed by atoms with Gasteiger partial charge in [-0.05, 0) is 36.8 Å². The van der Waals surface area contributed by atoms with Crippen LogP contribution >= 0.6 is 12.4 Å². The molecule has 0 spiro atoms. The van der Waals surface area contributed by atoms with Crippen molar-refractivity contribution in [2.24, 2.45) is 11.1 Å². The van der Waals surface area contributed by atoms with E-state index in [2.05, 4.69) is 41.2 Å². The highest BCUT2D eigenvalue weighted by Crippen LogP contribution is 2.47. The van der Waals surface area contributed by atoms with Crippen LogP contribution in [-0.2, 0) is 11.2 Å². The number of carbonyl (C=O) groups is 1. The van der Waals surface area contributed by atoms with E-state index in [1.165, 1.54) is 11.1 Å². The number of allylic oxidation sites excluding steroid dienone is 2. The summed E-state index contributed by atoms with van der Waals surface area (Å²) in [4.78, 5) is 14.9. The first-order valence-electron chi connectivity index (χ1n) is 8.59. The molecule has 0 amide bonds. The van der Waals surface area contributed by atoms with E-state index in [-0.39, 0.29) is 30.2 Å². The second-order valence-electron chi connectivity index (χ2n) is 6.69. The zero-order valence-corrected chi connectivity index (χ0v) is 14.7. The number of fused-ring (bicyclic) bond motifs is 4. The van der Waals surface area contributed by atoms with E-state index in [1.807, 2.05) is 0 Å². The molecule has 4 rings (SSSR count). The number of benzene rings is 1. The summed E-state index contributed by atoms with van der Waals surface area (Å²) >= 11 is 0. The third-order valence-electron chi connectivity index (χ3n) is 5.60. The summed E-state index contributed by atoms with van der Waals surface area (Å²) in [5.41, 5.74) is 5.15. The molecule has 0 saturated heterocycles. The minimum atomic E-state index is 0. The SMILES string of the molecule is CCC1C(=NO)C2=C(CCCC2=O)N2CCc3ccccc3C12.Cl. The molecule has 0 bridgehead atoms. The molecule has 1 aromatic carbocycles. The number of ketones is 1. The first-order chi connectivity index (χ1) is 11.3. The van der Waals surface area contributed by atoms with Gasteiger partial charge in [-0.3, -0.25) is 4.79 Å². The largest absolute Gasteiger partial charge is 0.411 e. The molecule has 1 aromatic rings. The Labute approximate surface area is 148 Å². The van der Waals surface area contributed by atoms with Gasteiger partial charge >= 0.3 is 0 Å². The number of oxime groups is 1. The van der Waals surface area contributed by atoms with Gasteiger partial charge in [-0.1, -0.05) is 36.3 Å². The average molecular weight is 347 g/mol. The Morgan fingerprint density at radius 2 is 2.04 bits per heavy atom. The molecule has 0 radical (unpaired) electrons. The third-order valence-corrected chi connectivity index (χ3v) is 5.60. The number of nitrogens with zero attached hydrogens (tertiary/aromatic N) is 2. The third kappa shape index (κ3) is 2.35. The Hall–Kier alpha value is -1.81. The predicted octanol–water partition coefficient (Wildman–Crippen LogP) is 3.88. The molecule has 5 heteroatoms. The molecule has 24 heavy (non-hydrogen) atoms. The van der Waals surface area contributed by atoms with Gasteiger partial charge in [0.1, 0.15) is 0 Å². The highest BCUT2D eigenvalue weighted by molar-refractivity contribution is 6.24. The van der Waals surface area contributed by atoms with Crippen LogP contribution in [0.15, 0.2) is 40.7 Å². The van der Waals surface area contributed by atoms with Crippen LogP contribution in [0.5, 0.6) is 0 Å². The molecule has 0 fully saturated rings. The summed E-state index contributed by atoms with van der Waals surface area (Å²) in [6.07, 6.45) is 4.26. The van der Waals surface area contributed by atoms with Crippen LogP contribution in [0.25, 0.3) is 0 Å². The Balaban J connectivity index is 0.00000169. The Morgan fingerprint density at radius 3 is 2.79 bits per heavy atom. The maximum Gasteiger partial charge on any atom is 0.166 e. The van der Waals surface area contributed by atoms with Crippen LogP contribution in [0.3, 0.4) is 0 Å². The number of halogens is 1. The number of hydrogen-bond acceptors (Lipinski definition) is 4. The first-order valence-corrected chi connectivity index (χ1v) is 8.59. The Morgan fingerprint density at radius 1 is 1.25 bits per heavy atom. The lowest BCUT2D eigenvalue weighted by Gasteiger charge is -2.49. The predicted molar refractivity (Wildman–Crippen MR) is 95.7 cm³/mol. The second-order valence-corrected chi connectivity index (χ2v) is 6.69. The fourth-order valence-electron chi connectivity index (χ4n) is 4.62. The van der Waals surface area contributed by atoms with Crippen LogP contribution in [0, 0.1) is 5.92 Å². The smallest absolute Gasteiger partial charge is 0.166 e. The first kappa shape index (κ1) is 17.0. The van der Waals surface area contributed by atoms with Crippen molar-refractivity contribution >= 4 is 23.9 Å². The van der Waals surface area contributed by atoms with E-state index in [9.17, 15) is 10.0 Å². The molecular weight excluding hydrogens is 324 g/mol. The Kier molecular flexibility index (Phi) is 4.68. The van der Waals surface area contributed by atoms with Crippen molar-refractivity contribution in [1.82, 2.24) is 4.90 Å². The van der Waals surface area contributed by atoms with E-state index < -0.39 is 0 Å². The van der Waals surface area contributed by atoms with Crippen molar-refractivity contribution in [3.8, 4) is 0 Å². The summed E-state index contributed by atoms with van der Waals surface area (Å²) < 4.78 is 0. The van der Waals surface area contributed by atoms with Gasteiger partial charge in [-0.25, -0.2) is 0 Å². The monoisotopic (exact) mass is 346 g/mol. The summed E-state index contributed by atoms with van der Waals surface area (Å²) in [5.74, 6) is 0.219. The maximum atomic E-state index is 12.5. The molecule has 1 N–H and O–H groups in total. The minimum Gasteiger partial charge on any atom is -0.411 e. The van der Waals surface area contributed by atoms with E-state index in [4.69, 9.17) is 0 Å². The van der Waals surface area contributed by atoms with E-state index in [1.54, 1.807) is 0 Å². The molecule has 2 heterocycles. The molecule has 2 aliphatic heterocycles. The summed E-state index contributed by atoms with van der Waals surface area (Å²) in [5, 5.41) is 13.3.